The van der Waals surface area contributed by atoms with E-state index in [1.54, 1.807) is 0 Å². The van der Waals surface area contributed by atoms with Crippen LogP contribution in [0.15, 0.2) is 24.3 Å². The predicted octanol–water partition coefficient (Wildman–Crippen LogP) is 2.33. The third-order valence-corrected chi connectivity index (χ3v) is 4.30. The van der Waals surface area contributed by atoms with Gasteiger partial charge in [0.05, 0.1) is 19.3 Å². The van der Waals surface area contributed by atoms with Crippen molar-refractivity contribution in [1.82, 2.24) is 5.32 Å². The Labute approximate surface area is 128 Å². The van der Waals surface area contributed by atoms with Crippen LogP contribution in [0.25, 0.3) is 0 Å². The first-order valence-electron chi connectivity index (χ1n) is 8.03. The molecule has 0 bridgehead atoms. The summed E-state index contributed by atoms with van der Waals surface area (Å²) in [4.78, 5) is 2.47. The van der Waals surface area contributed by atoms with Crippen LogP contribution in [0, 0.1) is 0 Å². The lowest BCUT2D eigenvalue weighted by Crippen LogP contribution is -2.38. The van der Waals surface area contributed by atoms with Crippen LogP contribution in [0.2, 0.25) is 0 Å². The molecule has 1 aliphatic rings. The van der Waals surface area contributed by atoms with E-state index in [0.29, 0.717) is 18.8 Å². The molecule has 0 aromatic heterocycles. The van der Waals surface area contributed by atoms with Gasteiger partial charge in [0, 0.05) is 24.8 Å². The number of piperidine rings is 1. The van der Waals surface area contributed by atoms with E-state index in [4.69, 9.17) is 9.84 Å². The molecule has 0 spiro atoms. The van der Waals surface area contributed by atoms with Crippen molar-refractivity contribution in [2.24, 2.45) is 0 Å². The van der Waals surface area contributed by atoms with Gasteiger partial charge in [-0.05, 0) is 37.9 Å². The molecular formula is C17H28N2O2. The summed E-state index contributed by atoms with van der Waals surface area (Å²) < 4.78 is 5.65. The molecule has 4 nitrogen and oxygen atoms in total. The number of aliphatic hydroxyl groups is 1. The van der Waals surface area contributed by atoms with Crippen molar-refractivity contribution >= 4 is 5.69 Å². The maximum absolute atomic E-state index is 8.84. The topological polar surface area (TPSA) is 44.7 Å². The molecule has 1 aromatic carbocycles. The molecule has 1 heterocycles. The van der Waals surface area contributed by atoms with Crippen molar-refractivity contribution in [2.45, 2.75) is 38.3 Å². The lowest BCUT2D eigenvalue weighted by atomic mass is 9.99. The standard InChI is InChI=1S/C17H28N2O2/c1-3-16(18-2)15-6-4-5-7-17(15)19-10-8-14(9-11-19)21-13-12-20/h4-7,14,16,18,20H,3,8-13H2,1-2H3. The maximum atomic E-state index is 8.84. The van der Waals surface area contributed by atoms with E-state index < -0.39 is 0 Å². The number of anilines is 1. The molecule has 1 unspecified atom stereocenters. The zero-order valence-corrected chi connectivity index (χ0v) is 13.2. The molecule has 118 valence electrons. The average Bonchev–Trinajstić information content (AvgIpc) is 2.55. The van der Waals surface area contributed by atoms with Crippen molar-refractivity contribution in [1.29, 1.82) is 0 Å². The third-order valence-electron chi connectivity index (χ3n) is 4.30. The number of rotatable bonds is 7. The lowest BCUT2D eigenvalue weighted by molar-refractivity contribution is 0.0159. The SMILES string of the molecule is CCC(NC)c1ccccc1N1CCC(OCCO)CC1. The minimum Gasteiger partial charge on any atom is -0.394 e. The van der Waals surface area contributed by atoms with Gasteiger partial charge in [-0.2, -0.15) is 0 Å². The Bertz CT molecular complexity index is 413. The molecule has 2 N–H and O–H groups in total. The van der Waals surface area contributed by atoms with Gasteiger partial charge in [-0.3, -0.25) is 0 Å². The van der Waals surface area contributed by atoms with Crippen molar-refractivity contribution in [3.05, 3.63) is 29.8 Å². The Morgan fingerprint density at radius 3 is 2.67 bits per heavy atom. The first kappa shape index (κ1) is 16.3. The first-order chi connectivity index (χ1) is 10.3. The van der Waals surface area contributed by atoms with Gasteiger partial charge in [0.15, 0.2) is 0 Å². The highest BCUT2D eigenvalue weighted by molar-refractivity contribution is 5.55. The summed E-state index contributed by atoms with van der Waals surface area (Å²) in [6.45, 7) is 4.83. The van der Waals surface area contributed by atoms with Gasteiger partial charge >= 0.3 is 0 Å². The van der Waals surface area contributed by atoms with E-state index >= 15 is 0 Å². The second-order valence-electron chi connectivity index (χ2n) is 5.59. The summed E-state index contributed by atoms with van der Waals surface area (Å²) >= 11 is 0. The summed E-state index contributed by atoms with van der Waals surface area (Å²) in [6, 6.07) is 9.11. The lowest BCUT2D eigenvalue weighted by Gasteiger charge is -2.35. The molecule has 1 saturated heterocycles. The van der Waals surface area contributed by atoms with Crippen LogP contribution in [0.3, 0.4) is 0 Å². The predicted molar refractivity (Wildman–Crippen MR) is 86.8 cm³/mol. The fraction of sp³-hybridized carbons (Fsp3) is 0.647. The Morgan fingerprint density at radius 2 is 2.05 bits per heavy atom. The van der Waals surface area contributed by atoms with E-state index in [2.05, 4.69) is 41.4 Å². The van der Waals surface area contributed by atoms with Gasteiger partial charge < -0.3 is 20.1 Å². The Hall–Kier alpha value is -1.10. The minimum atomic E-state index is 0.114. The van der Waals surface area contributed by atoms with Crippen LogP contribution >= 0.6 is 0 Å². The fourth-order valence-corrected chi connectivity index (χ4v) is 3.13. The number of hydrogen-bond donors (Lipinski definition) is 2. The van der Waals surface area contributed by atoms with Crippen molar-refractivity contribution in [3.63, 3.8) is 0 Å². The molecule has 2 rings (SSSR count). The summed E-state index contributed by atoms with van der Waals surface area (Å²) in [6.07, 6.45) is 3.45. The van der Waals surface area contributed by atoms with E-state index in [9.17, 15) is 0 Å². The molecule has 4 heteroatoms. The summed E-state index contributed by atoms with van der Waals surface area (Å²) in [5.74, 6) is 0. The second-order valence-corrected chi connectivity index (χ2v) is 5.59. The number of para-hydroxylation sites is 1. The highest BCUT2D eigenvalue weighted by atomic mass is 16.5. The molecule has 1 fully saturated rings. The first-order valence-corrected chi connectivity index (χ1v) is 8.03. The Balaban J connectivity index is 2.03. The number of aliphatic hydroxyl groups excluding tert-OH is 1. The molecule has 0 amide bonds. The average molecular weight is 292 g/mol. The Kier molecular flexibility index (Phi) is 6.49. The molecule has 1 aliphatic heterocycles. The summed E-state index contributed by atoms with van der Waals surface area (Å²) in [7, 11) is 2.03. The van der Waals surface area contributed by atoms with Crippen molar-refractivity contribution in [3.8, 4) is 0 Å². The molecule has 0 aliphatic carbocycles. The van der Waals surface area contributed by atoms with E-state index in [-0.39, 0.29) is 6.61 Å². The molecule has 1 aromatic rings. The van der Waals surface area contributed by atoms with Crippen LogP contribution in [0.5, 0.6) is 0 Å². The van der Waals surface area contributed by atoms with Crippen molar-refractivity contribution in [2.75, 3.05) is 38.3 Å². The molecule has 0 radical (unpaired) electrons. The number of hydrogen-bond acceptors (Lipinski definition) is 4. The fourth-order valence-electron chi connectivity index (χ4n) is 3.13. The molecule has 21 heavy (non-hydrogen) atoms. The van der Waals surface area contributed by atoms with Crippen molar-refractivity contribution < 1.29 is 9.84 Å². The number of nitrogens with one attached hydrogen (secondary N) is 1. The minimum absolute atomic E-state index is 0.114. The van der Waals surface area contributed by atoms with Gasteiger partial charge in [0.2, 0.25) is 0 Å². The normalized spacial score (nSPS) is 18.0. The molecule has 1 atom stereocenters. The van der Waals surface area contributed by atoms with Gasteiger partial charge in [-0.15, -0.1) is 0 Å². The molecule has 0 saturated carbocycles. The summed E-state index contributed by atoms with van der Waals surface area (Å²) in [5.41, 5.74) is 2.73. The van der Waals surface area contributed by atoms with E-state index in [0.717, 1.165) is 32.4 Å². The van der Waals surface area contributed by atoms with E-state index in [1.165, 1.54) is 11.3 Å². The molecular weight excluding hydrogens is 264 g/mol. The van der Waals surface area contributed by atoms with Crippen LogP contribution in [-0.2, 0) is 4.74 Å². The number of ether oxygens (including phenoxy) is 1. The van der Waals surface area contributed by atoms with Gasteiger partial charge in [0.1, 0.15) is 0 Å². The van der Waals surface area contributed by atoms with Crippen LogP contribution < -0.4 is 10.2 Å². The smallest absolute Gasteiger partial charge is 0.0701 e. The summed E-state index contributed by atoms with van der Waals surface area (Å²) in [5, 5.41) is 12.2. The highest BCUT2D eigenvalue weighted by Crippen LogP contribution is 2.30. The van der Waals surface area contributed by atoms with E-state index in [1.807, 2.05) is 7.05 Å². The number of nitrogens with zero attached hydrogens (tertiary/aromatic N) is 1. The number of benzene rings is 1. The Morgan fingerprint density at radius 1 is 1.33 bits per heavy atom. The van der Waals surface area contributed by atoms with Gasteiger partial charge in [0.25, 0.3) is 0 Å². The monoisotopic (exact) mass is 292 g/mol. The quantitative estimate of drug-likeness (QED) is 0.809. The van der Waals surface area contributed by atoms with Crippen LogP contribution in [0.1, 0.15) is 37.8 Å². The highest BCUT2D eigenvalue weighted by Gasteiger charge is 2.22. The second kappa shape index (κ2) is 8.37. The van der Waals surface area contributed by atoms with Gasteiger partial charge in [-0.25, -0.2) is 0 Å². The van der Waals surface area contributed by atoms with Crippen LogP contribution in [-0.4, -0.2) is 44.6 Å². The zero-order chi connectivity index (χ0) is 15.1. The largest absolute Gasteiger partial charge is 0.394 e. The van der Waals surface area contributed by atoms with Crippen LogP contribution in [0.4, 0.5) is 5.69 Å². The zero-order valence-electron chi connectivity index (χ0n) is 13.2. The third kappa shape index (κ3) is 4.19. The maximum Gasteiger partial charge on any atom is 0.0701 e. The van der Waals surface area contributed by atoms with Gasteiger partial charge in [-0.1, -0.05) is 25.1 Å².